The second kappa shape index (κ2) is 9.02. The van der Waals surface area contributed by atoms with E-state index in [0.717, 1.165) is 26.2 Å². The van der Waals surface area contributed by atoms with E-state index in [9.17, 15) is 18.0 Å². The van der Waals surface area contributed by atoms with Crippen LogP contribution in [-0.2, 0) is 16.6 Å². The normalized spacial score (nSPS) is 15.7. The van der Waals surface area contributed by atoms with Crippen molar-refractivity contribution in [2.24, 2.45) is 5.14 Å². The topological polar surface area (TPSA) is 157 Å². The highest BCUT2D eigenvalue weighted by atomic mass is 32.2. The fourth-order valence-electron chi connectivity index (χ4n) is 3.71. The molecule has 12 nitrogen and oxygen atoms in total. The third-order valence-electron chi connectivity index (χ3n) is 5.62. The number of sulfonamides is 1. The first kappa shape index (κ1) is 23.0. The summed E-state index contributed by atoms with van der Waals surface area (Å²) in [6.07, 6.45) is 2.60. The summed E-state index contributed by atoms with van der Waals surface area (Å²) in [5, 5.41) is 7.42. The van der Waals surface area contributed by atoms with Crippen molar-refractivity contribution in [1.82, 2.24) is 24.3 Å². The van der Waals surface area contributed by atoms with E-state index in [-0.39, 0.29) is 38.7 Å². The lowest BCUT2D eigenvalue weighted by Crippen LogP contribution is -2.45. The summed E-state index contributed by atoms with van der Waals surface area (Å²) >= 11 is 0. The van der Waals surface area contributed by atoms with E-state index in [1.54, 1.807) is 6.92 Å². The lowest BCUT2D eigenvalue weighted by atomic mass is 10.1. The van der Waals surface area contributed by atoms with Gasteiger partial charge in [0.2, 0.25) is 5.71 Å². The zero-order valence-corrected chi connectivity index (χ0v) is 19.1. The molecule has 13 heteroatoms. The molecule has 3 aromatic heterocycles. The van der Waals surface area contributed by atoms with Crippen LogP contribution in [0.1, 0.15) is 16.1 Å². The van der Waals surface area contributed by atoms with Crippen molar-refractivity contribution in [2.75, 3.05) is 45.1 Å². The summed E-state index contributed by atoms with van der Waals surface area (Å²) in [6, 6.07) is 2.53. The van der Waals surface area contributed by atoms with Crippen molar-refractivity contribution in [3.63, 3.8) is 0 Å². The van der Waals surface area contributed by atoms with Gasteiger partial charge in [0.05, 0.1) is 17.4 Å². The zero-order valence-electron chi connectivity index (χ0n) is 18.3. The Hall–Kier alpha value is -3.13. The molecule has 0 aliphatic carbocycles. The van der Waals surface area contributed by atoms with Crippen LogP contribution in [0.2, 0.25) is 0 Å². The first-order chi connectivity index (χ1) is 15.6. The molecule has 4 rings (SSSR count). The minimum Gasteiger partial charge on any atom is -0.442 e. The van der Waals surface area contributed by atoms with E-state index >= 15 is 0 Å². The average molecular weight is 476 g/mol. The molecule has 0 radical (unpaired) electrons. The predicted octanol–water partition coefficient (Wildman–Crippen LogP) is -0.160. The first-order valence-electron chi connectivity index (χ1n) is 10.3. The Labute approximate surface area is 190 Å². The number of pyridine rings is 1. The van der Waals surface area contributed by atoms with Crippen LogP contribution in [0.4, 0.5) is 5.69 Å². The molecule has 3 aromatic rings. The number of amides is 1. The van der Waals surface area contributed by atoms with Gasteiger partial charge in [-0.3, -0.25) is 19.1 Å². The summed E-state index contributed by atoms with van der Waals surface area (Å²) in [5.41, 5.74) is 0.0347. The molecule has 1 fully saturated rings. The molecule has 1 aliphatic rings. The van der Waals surface area contributed by atoms with Gasteiger partial charge in [0.15, 0.2) is 5.03 Å². The number of piperazine rings is 1. The van der Waals surface area contributed by atoms with Gasteiger partial charge in [0.25, 0.3) is 21.5 Å². The number of primary sulfonamides is 1. The van der Waals surface area contributed by atoms with Crippen molar-refractivity contribution in [3.8, 4) is 0 Å². The number of rotatable bonds is 6. The molecule has 0 aromatic carbocycles. The number of nitrogens with one attached hydrogen (secondary N) is 1. The Morgan fingerprint density at radius 1 is 1.18 bits per heavy atom. The van der Waals surface area contributed by atoms with E-state index in [1.165, 1.54) is 29.2 Å². The standard InChI is InChI=1S/C20H25N7O5S/c1-13-16(18(28)24-14-3-4-15(22-11-14)33(21,30)31)17-19(32-13)23-12-27(20(17)29)10-9-26-7-5-25(2)6-8-26/h3-4,11-12H,5-10H2,1-2H3,(H,24,28)(H2,21,30,31). The fraction of sp³-hybridized carbons (Fsp3) is 0.400. The summed E-state index contributed by atoms with van der Waals surface area (Å²) in [4.78, 5) is 38.6. The maximum absolute atomic E-state index is 13.2. The highest BCUT2D eigenvalue weighted by Crippen LogP contribution is 2.22. The highest BCUT2D eigenvalue weighted by molar-refractivity contribution is 7.89. The second-order valence-corrected chi connectivity index (χ2v) is 9.49. The fourth-order valence-corrected chi connectivity index (χ4v) is 4.16. The van der Waals surface area contributed by atoms with E-state index in [1.807, 2.05) is 0 Å². The number of nitrogens with zero attached hydrogens (tertiary/aromatic N) is 5. The molecular weight excluding hydrogens is 450 g/mol. The van der Waals surface area contributed by atoms with Crippen LogP contribution in [0.15, 0.2) is 38.9 Å². The van der Waals surface area contributed by atoms with E-state index < -0.39 is 15.9 Å². The van der Waals surface area contributed by atoms with Gasteiger partial charge in [0, 0.05) is 39.3 Å². The smallest absolute Gasteiger partial charge is 0.265 e. The third kappa shape index (κ3) is 4.95. The summed E-state index contributed by atoms with van der Waals surface area (Å²) in [5.74, 6) is -0.342. The molecule has 1 amide bonds. The molecule has 4 heterocycles. The minimum absolute atomic E-state index is 0.0759. The van der Waals surface area contributed by atoms with Gasteiger partial charge in [-0.1, -0.05) is 0 Å². The Morgan fingerprint density at radius 3 is 2.55 bits per heavy atom. The van der Waals surface area contributed by atoms with Crippen LogP contribution in [0.25, 0.3) is 11.1 Å². The predicted molar refractivity (Wildman–Crippen MR) is 121 cm³/mol. The van der Waals surface area contributed by atoms with Crippen molar-refractivity contribution in [3.05, 3.63) is 46.3 Å². The molecular formula is C20H25N7O5S. The van der Waals surface area contributed by atoms with Gasteiger partial charge in [-0.2, -0.15) is 0 Å². The summed E-state index contributed by atoms with van der Waals surface area (Å²) in [6.45, 7) is 6.52. The quantitative estimate of drug-likeness (QED) is 0.494. The average Bonchev–Trinajstić information content (AvgIpc) is 3.11. The van der Waals surface area contributed by atoms with Crippen LogP contribution in [0, 0.1) is 6.92 Å². The van der Waals surface area contributed by atoms with Crippen molar-refractivity contribution >= 4 is 32.7 Å². The maximum atomic E-state index is 13.2. The van der Waals surface area contributed by atoms with Crippen LogP contribution < -0.4 is 16.0 Å². The number of hydrogen-bond acceptors (Lipinski definition) is 9. The minimum atomic E-state index is -3.95. The van der Waals surface area contributed by atoms with E-state index in [4.69, 9.17) is 9.56 Å². The SMILES string of the molecule is Cc1oc2ncn(CCN3CCN(C)CC3)c(=O)c2c1C(=O)Nc1ccc(S(N)(=O)=O)nc1. The van der Waals surface area contributed by atoms with Gasteiger partial charge in [-0.15, -0.1) is 0 Å². The Morgan fingerprint density at radius 2 is 1.91 bits per heavy atom. The Balaban J connectivity index is 1.57. The third-order valence-corrected chi connectivity index (χ3v) is 6.45. The number of aryl methyl sites for hydroxylation is 1. The lowest BCUT2D eigenvalue weighted by Gasteiger charge is -2.32. The van der Waals surface area contributed by atoms with Crippen molar-refractivity contribution < 1.29 is 17.6 Å². The van der Waals surface area contributed by atoms with Crippen LogP contribution in [0.3, 0.4) is 0 Å². The number of hydrogen-bond donors (Lipinski definition) is 2. The molecule has 0 unspecified atom stereocenters. The molecule has 1 saturated heterocycles. The van der Waals surface area contributed by atoms with Gasteiger partial charge in [-0.05, 0) is 26.1 Å². The van der Waals surface area contributed by atoms with E-state index in [2.05, 4.69) is 32.1 Å². The number of likely N-dealkylation sites (N-methyl/N-ethyl adjacent to an activating group) is 1. The van der Waals surface area contributed by atoms with Crippen LogP contribution >= 0.6 is 0 Å². The monoisotopic (exact) mass is 475 g/mol. The first-order valence-corrected chi connectivity index (χ1v) is 11.9. The molecule has 0 spiro atoms. The number of furan rings is 1. The van der Waals surface area contributed by atoms with Crippen molar-refractivity contribution in [2.45, 2.75) is 18.5 Å². The molecule has 0 atom stereocenters. The Bertz CT molecular complexity index is 1340. The molecule has 33 heavy (non-hydrogen) atoms. The zero-order chi connectivity index (χ0) is 23.8. The number of anilines is 1. The van der Waals surface area contributed by atoms with Crippen molar-refractivity contribution in [1.29, 1.82) is 0 Å². The van der Waals surface area contributed by atoms with Gasteiger partial charge in [-0.25, -0.2) is 23.5 Å². The maximum Gasteiger partial charge on any atom is 0.265 e. The number of nitrogens with two attached hydrogens (primary N) is 1. The van der Waals surface area contributed by atoms with Gasteiger partial charge >= 0.3 is 0 Å². The second-order valence-electron chi connectivity index (χ2n) is 7.99. The van der Waals surface area contributed by atoms with Crippen LogP contribution in [0.5, 0.6) is 0 Å². The number of aromatic nitrogens is 3. The van der Waals surface area contributed by atoms with Gasteiger partial charge in [0.1, 0.15) is 17.5 Å². The molecule has 0 bridgehead atoms. The molecule has 1 aliphatic heterocycles. The molecule has 3 N–H and O–H groups in total. The molecule has 176 valence electrons. The number of fused-ring (bicyclic) bond motifs is 1. The van der Waals surface area contributed by atoms with Crippen LogP contribution in [-0.4, -0.2) is 78.4 Å². The summed E-state index contributed by atoms with van der Waals surface area (Å²) in [7, 11) is -1.87. The lowest BCUT2D eigenvalue weighted by molar-refractivity contribution is 0.102. The largest absolute Gasteiger partial charge is 0.442 e. The van der Waals surface area contributed by atoms with Gasteiger partial charge < -0.3 is 14.6 Å². The number of carbonyl (C=O) groups is 1. The molecule has 0 saturated carbocycles. The highest BCUT2D eigenvalue weighted by Gasteiger charge is 2.23. The van der Waals surface area contributed by atoms with E-state index in [0.29, 0.717) is 13.1 Å². The summed E-state index contributed by atoms with van der Waals surface area (Å²) < 4.78 is 29.7. The number of carbonyl (C=O) groups excluding carboxylic acids is 1. The Kier molecular flexibility index (Phi) is 6.30.